The average Bonchev–Trinajstić information content (AvgIpc) is 2.42. The Kier molecular flexibility index (Phi) is 1.53. The van der Waals surface area contributed by atoms with Crippen LogP contribution < -0.4 is 11.3 Å². The molecular weight excluding hydrogens is 190 g/mol. The van der Waals surface area contributed by atoms with E-state index in [1.54, 1.807) is 0 Å². The molecular formula is C7H5N3O4. The van der Waals surface area contributed by atoms with Crippen molar-refractivity contribution in [3.05, 3.63) is 22.2 Å². The minimum absolute atomic E-state index is 0.0428. The standard InChI is InChI=1S/C7H5N3O4/c8-5-2(7(12)13)3-4(14-5)6(11)10-1-9-3/h1H,8H2,(H,12,13)(H,9,10,11). The molecule has 2 rings (SSSR count). The van der Waals surface area contributed by atoms with E-state index in [1.807, 2.05) is 0 Å². The first kappa shape index (κ1) is 8.30. The fourth-order valence-electron chi connectivity index (χ4n) is 1.14. The van der Waals surface area contributed by atoms with Gasteiger partial charge in [-0.3, -0.25) is 4.79 Å². The monoisotopic (exact) mass is 195 g/mol. The lowest BCUT2D eigenvalue weighted by atomic mass is 10.3. The number of nitrogen functional groups attached to an aromatic ring is 1. The summed E-state index contributed by atoms with van der Waals surface area (Å²) in [5.41, 5.74) is 4.21. The van der Waals surface area contributed by atoms with Gasteiger partial charge in [-0.15, -0.1) is 0 Å². The highest BCUT2D eigenvalue weighted by atomic mass is 16.4. The van der Waals surface area contributed by atoms with Gasteiger partial charge in [0.25, 0.3) is 5.56 Å². The van der Waals surface area contributed by atoms with Gasteiger partial charge in [0.1, 0.15) is 11.1 Å². The Bertz CT molecular complexity index is 568. The number of nitrogens with zero attached hydrogens (tertiary/aromatic N) is 1. The zero-order valence-electron chi connectivity index (χ0n) is 6.77. The molecule has 0 fully saturated rings. The second-order valence-electron chi connectivity index (χ2n) is 2.56. The lowest BCUT2D eigenvalue weighted by Crippen LogP contribution is -2.06. The van der Waals surface area contributed by atoms with Crippen molar-refractivity contribution >= 4 is 23.0 Å². The normalized spacial score (nSPS) is 10.6. The van der Waals surface area contributed by atoms with Gasteiger partial charge < -0.3 is 20.2 Å². The molecule has 0 radical (unpaired) electrons. The van der Waals surface area contributed by atoms with Gasteiger partial charge in [-0.1, -0.05) is 0 Å². The molecule has 2 aromatic heterocycles. The number of fused-ring (bicyclic) bond motifs is 1. The topological polar surface area (TPSA) is 122 Å². The summed E-state index contributed by atoms with van der Waals surface area (Å²) in [4.78, 5) is 27.8. The summed E-state index contributed by atoms with van der Waals surface area (Å²) in [5, 5.41) is 8.75. The van der Waals surface area contributed by atoms with Gasteiger partial charge in [0.2, 0.25) is 11.5 Å². The number of nitrogens with one attached hydrogen (secondary N) is 1. The van der Waals surface area contributed by atoms with Crippen LogP contribution in [0.25, 0.3) is 11.1 Å². The highest BCUT2D eigenvalue weighted by Gasteiger charge is 2.20. The maximum atomic E-state index is 11.1. The molecule has 0 aliphatic carbocycles. The molecule has 0 spiro atoms. The average molecular weight is 195 g/mol. The Hall–Kier alpha value is -2.31. The lowest BCUT2D eigenvalue weighted by Gasteiger charge is -1.88. The van der Waals surface area contributed by atoms with Gasteiger partial charge in [-0.2, -0.15) is 0 Å². The van der Waals surface area contributed by atoms with Crippen LogP contribution in [0.5, 0.6) is 0 Å². The van der Waals surface area contributed by atoms with Crippen LogP contribution in [-0.4, -0.2) is 21.0 Å². The van der Waals surface area contributed by atoms with E-state index < -0.39 is 11.5 Å². The SMILES string of the molecule is Nc1oc2c(=O)[nH]cnc2c1C(=O)O. The third kappa shape index (κ3) is 0.954. The van der Waals surface area contributed by atoms with E-state index in [4.69, 9.17) is 15.3 Å². The molecule has 2 aromatic rings. The fraction of sp³-hybridized carbons (Fsp3) is 0. The van der Waals surface area contributed by atoms with Gasteiger partial charge in [0, 0.05) is 0 Å². The molecule has 7 nitrogen and oxygen atoms in total. The summed E-state index contributed by atoms with van der Waals surface area (Å²) in [7, 11) is 0. The van der Waals surface area contributed by atoms with Crippen LogP contribution in [0, 0.1) is 0 Å². The number of aromatic carboxylic acids is 1. The third-order valence-corrected chi connectivity index (χ3v) is 1.72. The number of H-pyrrole nitrogens is 1. The number of furan rings is 1. The number of rotatable bonds is 1. The molecule has 4 N–H and O–H groups in total. The zero-order chi connectivity index (χ0) is 10.3. The number of carboxylic acids is 1. The van der Waals surface area contributed by atoms with Crippen molar-refractivity contribution < 1.29 is 14.3 Å². The van der Waals surface area contributed by atoms with Crippen molar-refractivity contribution in [2.75, 3.05) is 5.73 Å². The minimum atomic E-state index is -1.28. The van der Waals surface area contributed by atoms with Gasteiger partial charge in [0.15, 0.2) is 0 Å². The number of anilines is 1. The number of carbonyl (C=O) groups is 1. The largest absolute Gasteiger partial charge is 0.477 e. The number of hydrogen-bond acceptors (Lipinski definition) is 5. The van der Waals surface area contributed by atoms with E-state index in [1.165, 1.54) is 0 Å². The molecule has 0 aliphatic rings. The van der Waals surface area contributed by atoms with Gasteiger partial charge >= 0.3 is 5.97 Å². The van der Waals surface area contributed by atoms with Crippen LogP contribution in [0.2, 0.25) is 0 Å². The number of carboxylic acid groups (broad SMARTS) is 1. The smallest absolute Gasteiger partial charge is 0.343 e. The Morgan fingerprint density at radius 3 is 3.00 bits per heavy atom. The van der Waals surface area contributed by atoms with E-state index in [9.17, 15) is 9.59 Å². The first-order valence-corrected chi connectivity index (χ1v) is 3.60. The van der Waals surface area contributed by atoms with Crippen molar-refractivity contribution in [1.82, 2.24) is 9.97 Å². The van der Waals surface area contributed by atoms with Crippen molar-refractivity contribution in [2.24, 2.45) is 0 Å². The molecule has 0 bridgehead atoms. The Balaban J connectivity index is 2.98. The summed E-state index contributed by atoms with van der Waals surface area (Å²) in [6.45, 7) is 0. The van der Waals surface area contributed by atoms with E-state index in [0.29, 0.717) is 0 Å². The minimum Gasteiger partial charge on any atom is -0.477 e. The van der Waals surface area contributed by atoms with Crippen LogP contribution in [0.3, 0.4) is 0 Å². The highest BCUT2D eigenvalue weighted by Crippen LogP contribution is 2.22. The maximum Gasteiger partial charge on any atom is 0.343 e. The molecule has 0 atom stereocenters. The molecule has 72 valence electrons. The van der Waals surface area contributed by atoms with E-state index in [0.717, 1.165) is 6.33 Å². The van der Waals surface area contributed by atoms with Crippen LogP contribution in [0.4, 0.5) is 5.88 Å². The number of aromatic amines is 1. The van der Waals surface area contributed by atoms with Crippen molar-refractivity contribution in [1.29, 1.82) is 0 Å². The van der Waals surface area contributed by atoms with Gasteiger partial charge in [-0.25, -0.2) is 9.78 Å². The molecule has 0 saturated carbocycles. The van der Waals surface area contributed by atoms with Crippen LogP contribution in [-0.2, 0) is 0 Å². The van der Waals surface area contributed by atoms with Crippen LogP contribution in [0.1, 0.15) is 10.4 Å². The summed E-state index contributed by atoms with van der Waals surface area (Å²) in [6, 6.07) is 0. The molecule has 0 aromatic carbocycles. The maximum absolute atomic E-state index is 11.1. The lowest BCUT2D eigenvalue weighted by molar-refractivity contribution is 0.0699. The van der Waals surface area contributed by atoms with Crippen LogP contribution >= 0.6 is 0 Å². The number of hydrogen-bond donors (Lipinski definition) is 3. The molecule has 0 saturated heterocycles. The van der Waals surface area contributed by atoms with Crippen molar-refractivity contribution in [2.45, 2.75) is 0 Å². The summed E-state index contributed by atoms with van der Waals surface area (Å²) in [5.74, 6) is -1.60. The predicted molar refractivity (Wildman–Crippen MR) is 46.0 cm³/mol. The van der Waals surface area contributed by atoms with E-state index >= 15 is 0 Å². The zero-order valence-corrected chi connectivity index (χ0v) is 6.77. The number of aromatic nitrogens is 2. The quantitative estimate of drug-likeness (QED) is 0.578. The second kappa shape index (κ2) is 2.59. The second-order valence-corrected chi connectivity index (χ2v) is 2.56. The van der Waals surface area contributed by atoms with Crippen molar-refractivity contribution in [3.8, 4) is 0 Å². The third-order valence-electron chi connectivity index (χ3n) is 1.72. The molecule has 7 heteroatoms. The van der Waals surface area contributed by atoms with Gasteiger partial charge in [-0.05, 0) is 0 Å². The van der Waals surface area contributed by atoms with Crippen LogP contribution in [0.15, 0.2) is 15.5 Å². The summed E-state index contributed by atoms with van der Waals surface area (Å²) < 4.78 is 4.78. The first-order chi connectivity index (χ1) is 6.61. The Morgan fingerprint density at radius 1 is 1.64 bits per heavy atom. The number of nitrogens with two attached hydrogens (primary N) is 1. The van der Waals surface area contributed by atoms with E-state index in [-0.39, 0.29) is 22.5 Å². The first-order valence-electron chi connectivity index (χ1n) is 3.60. The van der Waals surface area contributed by atoms with Crippen molar-refractivity contribution in [3.63, 3.8) is 0 Å². The highest BCUT2D eigenvalue weighted by molar-refractivity contribution is 6.04. The summed E-state index contributed by atoms with van der Waals surface area (Å²) >= 11 is 0. The molecule has 0 aliphatic heterocycles. The molecule has 2 heterocycles. The molecule has 0 amide bonds. The Morgan fingerprint density at radius 2 is 2.36 bits per heavy atom. The molecule has 14 heavy (non-hydrogen) atoms. The van der Waals surface area contributed by atoms with Gasteiger partial charge in [0.05, 0.1) is 6.33 Å². The molecule has 0 unspecified atom stereocenters. The Labute approximate surface area is 76.2 Å². The predicted octanol–water partition coefficient (Wildman–Crippen LogP) is -0.204. The fourth-order valence-corrected chi connectivity index (χ4v) is 1.14. The summed E-state index contributed by atoms with van der Waals surface area (Å²) in [6.07, 6.45) is 1.09. The van der Waals surface area contributed by atoms with E-state index in [2.05, 4.69) is 9.97 Å².